The van der Waals surface area contributed by atoms with Crippen LogP contribution >= 0.6 is 11.6 Å². The second-order valence-corrected chi connectivity index (χ2v) is 11.2. The summed E-state index contributed by atoms with van der Waals surface area (Å²) in [6, 6.07) is 11.8. The highest BCUT2D eigenvalue weighted by Crippen LogP contribution is 2.31. The number of piperazine rings is 1. The lowest BCUT2D eigenvalue weighted by atomic mass is 9.99. The molecule has 2 aliphatic rings. The molecule has 204 valence electrons. The predicted molar refractivity (Wildman–Crippen MR) is 153 cm³/mol. The first-order valence-corrected chi connectivity index (χ1v) is 14.0. The second kappa shape index (κ2) is 10.7. The Bertz CT molecular complexity index is 1550. The molecule has 4 aromatic rings. The van der Waals surface area contributed by atoms with E-state index in [-0.39, 0.29) is 11.7 Å². The van der Waals surface area contributed by atoms with E-state index in [0.29, 0.717) is 17.9 Å². The van der Waals surface area contributed by atoms with Crippen molar-refractivity contribution in [2.24, 2.45) is 0 Å². The predicted octanol–water partition coefficient (Wildman–Crippen LogP) is 4.18. The van der Waals surface area contributed by atoms with E-state index in [1.54, 1.807) is 0 Å². The molecule has 0 saturated carbocycles. The molecular formula is C29H34ClN7O2. The molecule has 0 unspecified atom stereocenters. The zero-order valence-corrected chi connectivity index (χ0v) is 23.4. The number of aromatic nitrogens is 5. The Kier molecular flexibility index (Phi) is 7.14. The number of rotatable bonds is 6. The molecule has 4 heterocycles. The molecule has 2 fully saturated rings. The zero-order valence-electron chi connectivity index (χ0n) is 22.7. The van der Waals surface area contributed by atoms with Crippen LogP contribution in [0.3, 0.4) is 0 Å². The van der Waals surface area contributed by atoms with E-state index in [9.17, 15) is 4.79 Å². The first kappa shape index (κ1) is 26.0. The highest BCUT2D eigenvalue weighted by atomic mass is 35.5. The molecular weight excluding hydrogens is 514 g/mol. The molecule has 2 saturated heterocycles. The maximum absolute atomic E-state index is 13.6. The average Bonchev–Trinajstić information content (AvgIpc) is 3.59. The third-order valence-electron chi connectivity index (χ3n) is 8.03. The SMILES string of the molecule is Cc1cc(C)c2cc([C@H](c3nnnn3C[C@@H]3CCCO3)N3CCN(c4cc(Cl)ccc4C)CC3)c(=O)[nH]c2c1. The van der Waals surface area contributed by atoms with Crippen molar-refractivity contribution < 1.29 is 4.74 Å². The molecule has 2 aromatic heterocycles. The molecule has 0 bridgehead atoms. The van der Waals surface area contributed by atoms with Gasteiger partial charge in [0.05, 0.1) is 12.6 Å². The summed E-state index contributed by atoms with van der Waals surface area (Å²) >= 11 is 6.33. The lowest BCUT2D eigenvalue weighted by molar-refractivity contribution is 0.0906. The van der Waals surface area contributed by atoms with Crippen LogP contribution in [-0.2, 0) is 11.3 Å². The van der Waals surface area contributed by atoms with Gasteiger partial charge in [0.25, 0.3) is 5.56 Å². The van der Waals surface area contributed by atoms with Crippen LogP contribution in [0.15, 0.2) is 41.2 Å². The molecule has 1 N–H and O–H groups in total. The lowest BCUT2D eigenvalue weighted by Crippen LogP contribution is -2.49. The minimum atomic E-state index is -0.391. The minimum Gasteiger partial charge on any atom is -0.376 e. The van der Waals surface area contributed by atoms with Gasteiger partial charge in [-0.25, -0.2) is 4.68 Å². The van der Waals surface area contributed by atoms with Crippen LogP contribution in [0.5, 0.6) is 0 Å². The molecule has 0 amide bonds. The smallest absolute Gasteiger partial charge is 0.253 e. The first-order valence-electron chi connectivity index (χ1n) is 13.6. The van der Waals surface area contributed by atoms with Crippen molar-refractivity contribution in [3.63, 3.8) is 0 Å². The summed E-state index contributed by atoms with van der Waals surface area (Å²) in [5.41, 5.74) is 5.98. The van der Waals surface area contributed by atoms with Crippen LogP contribution in [0.2, 0.25) is 5.02 Å². The Hall–Kier alpha value is -3.27. The zero-order chi connectivity index (χ0) is 27.1. The second-order valence-electron chi connectivity index (χ2n) is 10.8. The fourth-order valence-electron chi connectivity index (χ4n) is 6.05. The number of nitrogens with one attached hydrogen (secondary N) is 1. The number of H-pyrrole nitrogens is 1. The molecule has 9 nitrogen and oxygen atoms in total. The summed E-state index contributed by atoms with van der Waals surface area (Å²) in [7, 11) is 0. The van der Waals surface area contributed by atoms with Crippen LogP contribution in [0, 0.1) is 20.8 Å². The van der Waals surface area contributed by atoms with Gasteiger partial charge in [0, 0.05) is 60.0 Å². The fourth-order valence-corrected chi connectivity index (χ4v) is 6.22. The third kappa shape index (κ3) is 5.18. The van der Waals surface area contributed by atoms with Gasteiger partial charge in [-0.2, -0.15) is 0 Å². The van der Waals surface area contributed by atoms with E-state index in [2.05, 4.69) is 56.3 Å². The Morgan fingerprint density at radius 3 is 2.67 bits per heavy atom. The normalized spacial score (nSPS) is 19.2. The van der Waals surface area contributed by atoms with E-state index in [1.165, 1.54) is 5.56 Å². The largest absolute Gasteiger partial charge is 0.376 e. The van der Waals surface area contributed by atoms with Gasteiger partial charge >= 0.3 is 0 Å². The van der Waals surface area contributed by atoms with Gasteiger partial charge in [0.2, 0.25) is 0 Å². The van der Waals surface area contributed by atoms with E-state index in [1.807, 2.05) is 35.9 Å². The lowest BCUT2D eigenvalue weighted by Gasteiger charge is -2.40. The number of hydrogen-bond acceptors (Lipinski definition) is 7. The summed E-state index contributed by atoms with van der Waals surface area (Å²) in [5.74, 6) is 0.674. The summed E-state index contributed by atoms with van der Waals surface area (Å²) in [5, 5.41) is 14.7. The van der Waals surface area contributed by atoms with Gasteiger partial charge in [-0.05, 0) is 85.0 Å². The standard InChI is InChI=1S/C29H34ClN7O2/c1-18-13-20(3)23-16-24(29(38)31-25(23)14-18)27(28-32-33-34-37(28)17-22-5-4-12-39-22)36-10-8-35(9-11-36)26-15-21(30)7-6-19(26)2/h6-7,13-16,22,27H,4-5,8-12,17H2,1-3H3,(H,31,38)/t22-,27+/m0/s1. The maximum atomic E-state index is 13.6. The molecule has 2 atom stereocenters. The minimum absolute atomic E-state index is 0.0793. The van der Waals surface area contributed by atoms with Gasteiger partial charge in [-0.3, -0.25) is 9.69 Å². The molecule has 39 heavy (non-hydrogen) atoms. The molecule has 0 spiro atoms. The molecule has 10 heteroatoms. The number of benzene rings is 2. The van der Waals surface area contributed by atoms with Gasteiger partial charge in [-0.15, -0.1) is 5.10 Å². The van der Waals surface area contributed by atoms with Crippen LogP contribution < -0.4 is 10.5 Å². The van der Waals surface area contributed by atoms with Gasteiger partial charge in [-0.1, -0.05) is 23.7 Å². The van der Waals surface area contributed by atoms with Gasteiger partial charge < -0.3 is 14.6 Å². The maximum Gasteiger partial charge on any atom is 0.253 e. The number of halogens is 1. The van der Waals surface area contributed by atoms with Gasteiger partial charge in [0.15, 0.2) is 5.82 Å². The number of tetrazole rings is 1. The number of pyridine rings is 1. The van der Waals surface area contributed by atoms with Gasteiger partial charge in [0.1, 0.15) is 6.04 Å². The summed E-state index contributed by atoms with van der Waals surface area (Å²) in [4.78, 5) is 21.5. The number of aryl methyl sites for hydroxylation is 3. The summed E-state index contributed by atoms with van der Waals surface area (Å²) in [6.07, 6.45) is 2.10. The van der Waals surface area contributed by atoms with Crippen molar-refractivity contribution in [2.75, 3.05) is 37.7 Å². The highest BCUT2D eigenvalue weighted by molar-refractivity contribution is 6.30. The topological polar surface area (TPSA) is 92.2 Å². The summed E-state index contributed by atoms with van der Waals surface area (Å²) < 4.78 is 7.72. The van der Waals surface area contributed by atoms with Crippen LogP contribution in [0.4, 0.5) is 5.69 Å². The van der Waals surface area contributed by atoms with Crippen molar-refractivity contribution in [1.29, 1.82) is 0 Å². The quantitative estimate of drug-likeness (QED) is 0.387. The molecule has 2 aromatic carbocycles. The third-order valence-corrected chi connectivity index (χ3v) is 8.27. The van der Waals surface area contributed by atoms with Crippen molar-refractivity contribution >= 4 is 28.2 Å². The Balaban J connectivity index is 1.38. The number of ether oxygens (including phenoxy) is 1. The number of fused-ring (bicyclic) bond motifs is 1. The molecule has 2 aliphatic heterocycles. The van der Waals surface area contributed by atoms with Crippen LogP contribution in [0.25, 0.3) is 10.9 Å². The number of aromatic amines is 1. The van der Waals surface area contributed by atoms with E-state index in [4.69, 9.17) is 16.3 Å². The Labute approximate surface area is 232 Å². The van der Waals surface area contributed by atoms with Crippen molar-refractivity contribution in [2.45, 2.75) is 52.3 Å². The van der Waals surface area contributed by atoms with Crippen LogP contribution in [-0.4, -0.2) is 69.0 Å². The number of nitrogens with zero attached hydrogens (tertiary/aromatic N) is 6. The van der Waals surface area contributed by atoms with Crippen molar-refractivity contribution in [1.82, 2.24) is 30.1 Å². The first-order chi connectivity index (χ1) is 18.9. The molecule has 0 radical (unpaired) electrons. The van der Waals surface area contributed by atoms with Crippen LogP contribution in [0.1, 0.15) is 47.0 Å². The summed E-state index contributed by atoms with van der Waals surface area (Å²) in [6.45, 7) is 10.7. The number of anilines is 1. The molecule has 6 rings (SSSR count). The van der Waals surface area contributed by atoms with E-state index >= 15 is 0 Å². The fraction of sp³-hybridized carbons (Fsp3) is 0.448. The van der Waals surface area contributed by atoms with Crippen molar-refractivity contribution in [3.05, 3.63) is 79.9 Å². The molecule has 0 aliphatic carbocycles. The number of hydrogen-bond donors (Lipinski definition) is 1. The highest BCUT2D eigenvalue weighted by Gasteiger charge is 2.34. The van der Waals surface area contributed by atoms with Crippen molar-refractivity contribution in [3.8, 4) is 0 Å². The monoisotopic (exact) mass is 547 g/mol. The Morgan fingerprint density at radius 2 is 1.90 bits per heavy atom. The van der Waals surface area contributed by atoms with E-state index in [0.717, 1.165) is 78.4 Å². The Morgan fingerprint density at radius 1 is 1.08 bits per heavy atom. The van der Waals surface area contributed by atoms with E-state index < -0.39 is 6.04 Å². The average molecular weight is 548 g/mol.